The lowest BCUT2D eigenvalue weighted by Crippen LogP contribution is -2.06. The van der Waals surface area contributed by atoms with Gasteiger partial charge < -0.3 is 9.15 Å². The molecule has 0 aliphatic carbocycles. The lowest BCUT2D eigenvalue weighted by Gasteiger charge is -2.01. The molecule has 0 radical (unpaired) electrons. The fourth-order valence-corrected chi connectivity index (χ4v) is 1.79. The molecule has 1 aromatic heterocycles. The van der Waals surface area contributed by atoms with Gasteiger partial charge in [-0.1, -0.05) is 13.3 Å². The van der Waals surface area contributed by atoms with Gasteiger partial charge in [-0.3, -0.25) is 0 Å². The Morgan fingerprint density at radius 3 is 2.56 bits per heavy atom. The first-order valence-electron chi connectivity index (χ1n) is 5.87. The van der Waals surface area contributed by atoms with Crippen LogP contribution in [0.15, 0.2) is 4.42 Å². The van der Waals surface area contributed by atoms with Gasteiger partial charge in [0.25, 0.3) is 0 Å². The third kappa shape index (κ3) is 2.65. The molecule has 0 fully saturated rings. The number of carbonyl (C=O) groups excluding carboxylic acids is 1. The number of rotatable bonds is 5. The summed E-state index contributed by atoms with van der Waals surface area (Å²) < 4.78 is 10.6. The van der Waals surface area contributed by atoms with Crippen LogP contribution in [-0.4, -0.2) is 12.6 Å². The summed E-state index contributed by atoms with van der Waals surface area (Å²) in [5.74, 6) is 1.31. The second kappa shape index (κ2) is 5.73. The highest BCUT2D eigenvalue weighted by Crippen LogP contribution is 2.23. The van der Waals surface area contributed by atoms with Gasteiger partial charge in [0.05, 0.1) is 6.61 Å². The van der Waals surface area contributed by atoms with Gasteiger partial charge in [0, 0.05) is 12.0 Å². The van der Waals surface area contributed by atoms with E-state index in [1.54, 1.807) is 6.92 Å². The zero-order chi connectivity index (χ0) is 12.1. The Morgan fingerprint density at radius 1 is 1.31 bits per heavy atom. The van der Waals surface area contributed by atoms with Crippen LogP contribution in [0.1, 0.15) is 54.1 Å². The van der Waals surface area contributed by atoms with Crippen LogP contribution in [0.4, 0.5) is 0 Å². The van der Waals surface area contributed by atoms with E-state index in [2.05, 4.69) is 6.92 Å². The highest BCUT2D eigenvalue weighted by atomic mass is 16.5. The number of furan rings is 1. The number of unbranched alkanes of at least 4 members (excludes halogenated alkanes) is 1. The van der Waals surface area contributed by atoms with Crippen LogP contribution in [-0.2, 0) is 11.2 Å². The van der Waals surface area contributed by atoms with Gasteiger partial charge in [-0.2, -0.15) is 0 Å². The van der Waals surface area contributed by atoms with E-state index in [4.69, 9.17) is 9.15 Å². The Bertz CT molecular complexity index is 363. The third-order valence-corrected chi connectivity index (χ3v) is 2.66. The molecule has 1 aromatic rings. The Morgan fingerprint density at radius 2 is 2.00 bits per heavy atom. The number of hydrogen-bond acceptors (Lipinski definition) is 3. The molecule has 0 saturated heterocycles. The Kier molecular flexibility index (Phi) is 4.59. The average molecular weight is 224 g/mol. The molecule has 3 nitrogen and oxygen atoms in total. The topological polar surface area (TPSA) is 39.4 Å². The summed E-state index contributed by atoms with van der Waals surface area (Å²) in [6, 6.07) is 0. The molecule has 1 heterocycles. The Balaban J connectivity index is 2.92. The van der Waals surface area contributed by atoms with Gasteiger partial charge in [-0.05, 0) is 27.2 Å². The van der Waals surface area contributed by atoms with Crippen LogP contribution >= 0.6 is 0 Å². The smallest absolute Gasteiger partial charge is 0.341 e. The fourth-order valence-electron chi connectivity index (χ4n) is 1.79. The van der Waals surface area contributed by atoms with Gasteiger partial charge in [0.2, 0.25) is 0 Å². The Hall–Kier alpha value is -1.25. The van der Waals surface area contributed by atoms with Crippen molar-refractivity contribution in [2.75, 3.05) is 6.61 Å². The number of aryl methyl sites for hydroxylation is 2. The van der Waals surface area contributed by atoms with Gasteiger partial charge in [-0.15, -0.1) is 0 Å². The normalized spacial score (nSPS) is 10.5. The van der Waals surface area contributed by atoms with Crippen molar-refractivity contribution < 1.29 is 13.9 Å². The van der Waals surface area contributed by atoms with Crippen LogP contribution in [0.2, 0.25) is 0 Å². The molecule has 90 valence electrons. The first-order chi connectivity index (χ1) is 7.61. The minimum Gasteiger partial charge on any atom is -0.465 e. The van der Waals surface area contributed by atoms with E-state index in [0.29, 0.717) is 17.9 Å². The zero-order valence-electron chi connectivity index (χ0n) is 10.6. The van der Waals surface area contributed by atoms with Crippen LogP contribution < -0.4 is 0 Å². The molecule has 1 rings (SSSR count). The number of esters is 1. The first kappa shape index (κ1) is 12.8. The molecule has 0 aliphatic rings. The summed E-state index contributed by atoms with van der Waals surface area (Å²) >= 11 is 0. The SMILES string of the molecule is CCCCc1oc(C)c(C(=O)OCC)c1C. The van der Waals surface area contributed by atoms with Crippen molar-refractivity contribution in [3.05, 3.63) is 22.6 Å². The molecular formula is C13H20O3. The average Bonchev–Trinajstić information content (AvgIpc) is 2.51. The van der Waals surface area contributed by atoms with E-state index in [-0.39, 0.29) is 5.97 Å². The minimum atomic E-state index is -0.274. The molecule has 0 aromatic carbocycles. The van der Waals surface area contributed by atoms with Crippen molar-refractivity contribution in [1.82, 2.24) is 0 Å². The summed E-state index contributed by atoms with van der Waals surface area (Å²) in [4.78, 5) is 11.7. The molecular weight excluding hydrogens is 204 g/mol. The lowest BCUT2D eigenvalue weighted by atomic mass is 10.1. The number of ether oxygens (including phenoxy) is 1. The summed E-state index contributed by atoms with van der Waals surface area (Å²) in [6.45, 7) is 8.08. The highest BCUT2D eigenvalue weighted by Gasteiger charge is 2.20. The summed E-state index contributed by atoms with van der Waals surface area (Å²) in [7, 11) is 0. The van der Waals surface area contributed by atoms with Gasteiger partial charge in [-0.25, -0.2) is 4.79 Å². The molecule has 3 heteroatoms. The first-order valence-corrected chi connectivity index (χ1v) is 5.87. The predicted octanol–water partition coefficient (Wildman–Crippen LogP) is 3.42. The second-order valence-corrected chi connectivity index (χ2v) is 3.91. The molecule has 0 unspecified atom stereocenters. The van der Waals surface area contributed by atoms with Crippen molar-refractivity contribution >= 4 is 5.97 Å². The summed E-state index contributed by atoms with van der Waals surface area (Å²) in [5, 5.41) is 0. The maximum absolute atomic E-state index is 11.7. The molecule has 16 heavy (non-hydrogen) atoms. The van der Waals surface area contributed by atoms with Crippen LogP contribution in [0.25, 0.3) is 0 Å². The highest BCUT2D eigenvalue weighted by molar-refractivity contribution is 5.92. The van der Waals surface area contributed by atoms with E-state index in [0.717, 1.165) is 30.6 Å². The van der Waals surface area contributed by atoms with Crippen LogP contribution in [0, 0.1) is 13.8 Å². The number of hydrogen-bond donors (Lipinski definition) is 0. The third-order valence-electron chi connectivity index (χ3n) is 2.66. The monoisotopic (exact) mass is 224 g/mol. The predicted molar refractivity (Wildman–Crippen MR) is 62.8 cm³/mol. The molecule has 0 atom stereocenters. The zero-order valence-corrected chi connectivity index (χ0v) is 10.6. The second-order valence-electron chi connectivity index (χ2n) is 3.91. The van der Waals surface area contributed by atoms with E-state index >= 15 is 0 Å². The van der Waals surface area contributed by atoms with Gasteiger partial charge in [0.1, 0.15) is 17.1 Å². The van der Waals surface area contributed by atoms with Crippen molar-refractivity contribution in [1.29, 1.82) is 0 Å². The van der Waals surface area contributed by atoms with E-state index < -0.39 is 0 Å². The maximum Gasteiger partial charge on any atom is 0.341 e. The number of carbonyl (C=O) groups is 1. The molecule has 0 amide bonds. The minimum absolute atomic E-state index is 0.274. The van der Waals surface area contributed by atoms with Crippen LogP contribution in [0.3, 0.4) is 0 Å². The van der Waals surface area contributed by atoms with Crippen LogP contribution in [0.5, 0.6) is 0 Å². The summed E-state index contributed by atoms with van der Waals surface area (Å²) in [6.07, 6.45) is 3.09. The van der Waals surface area contributed by atoms with Crippen molar-refractivity contribution in [2.24, 2.45) is 0 Å². The van der Waals surface area contributed by atoms with Crippen molar-refractivity contribution in [3.63, 3.8) is 0 Å². The molecule has 0 N–H and O–H groups in total. The summed E-state index contributed by atoms with van der Waals surface area (Å²) in [5.41, 5.74) is 1.54. The maximum atomic E-state index is 11.7. The van der Waals surface area contributed by atoms with E-state index in [9.17, 15) is 4.79 Å². The van der Waals surface area contributed by atoms with Crippen molar-refractivity contribution in [3.8, 4) is 0 Å². The standard InChI is InChI=1S/C13H20O3/c1-5-7-8-11-9(3)12(10(4)16-11)13(14)15-6-2/h5-8H2,1-4H3. The largest absolute Gasteiger partial charge is 0.465 e. The molecule has 0 spiro atoms. The van der Waals surface area contributed by atoms with E-state index in [1.807, 2.05) is 13.8 Å². The van der Waals surface area contributed by atoms with Gasteiger partial charge in [0.15, 0.2) is 0 Å². The molecule has 0 saturated carbocycles. The quantitative estimate of drug-likeness (QED) is 0.719. The molecule has 0 aliphatic heterocycles. The van der Waals surface area contributed by atoms with E-state index in [1.165, 1.54) is 0 Å². The fraction of sp³-hybridized carbons (Fsp3) is 0.615. The Labute approximate surface area is 96.8 Å². The van der Waals surface area contributed by atoms with Gasteiger partial charge >= 0.3 is 5.97 Å². The van der Waals surface area contributed by atoms with Crippen molar-refractivity contribution in [2.45, 2.75) is 47.0 Å². The molecule has 0 bridgehead atoms. The lowest BCUT2D eigenvalue weighted by molar-refractivity contribution is 0.0523.